The van der Waals surface area contributed by atoms with Gasteiger partial charge in [-0.1, -0.05) is 24.3 Å². The lowest BCUT2D eigenvalue weighted by Crippen LogP contribution is -3.00. The molecule has 0 spiro atoms. The number of rotatable bonds is 5. The van der Waals surface area contributed by atoms with E-state index >= 15 is 0 Å². The number of hydrogen-bond donors (Lipinski definition) is 0. The average molecular weight is 458 g/mol. The second-order valence-corrected chi connectivity index (χ2v) is 6.43. The van der Waals surface area contributed by atoms with E-state index < -0.39 is 0 Å². The third-order valence-corrected chi connectivity index (χ3v) is 4.91. The minimum atomic E-state index is 0. The maximum Gasteiger partial charge on any atom is 0.212 e. The van der Waals surface area contributed by atoms with Crippen LogP contribution in [0.1, 0.15) is 30.7 Å². The minimum absolute atomic E-state index is 0. The molecule has 0 amide bonds. The Kier molecular flexibility index (Phi) is 7.21. The van der Waals surface area contributed by atoms with Crippen LogP contribution < -0.4 is 33.4 Å². The Morgan fingerprint density at radius 3 is 2.23 bits per heavy atom. The van der Waals surface area contributed by atoms with Crippen LogP contribution in [0.2, 0.25) is 0 Å². The van der Waals surface area contributed by atoms with E-state index in [-0.39, 0.29) is 24.0 Å². The molecule has 2 nitrogen and oxygen atoms in total. The van der Waals surface area contributed by atoms with Crippen molar-refractivity contribution in [1.29, 1.82) is 0 Å². The van der Waals surface area contributed by atoms with Crippen molar-refractivity contribution in [2.75, 3.05) is 18.0 Å². The first kappa shape index (κ1) is 20.4. The summed E-state index contributed by atoms with van der Waals surface area (Å²) in [4.78, 5) is 2.36. The Hall–Kier alpha value is -1.88. The van der Waals surface area contributed by atoms with Crippen molar-refractivity contribution in [3.63, 3.8) is 0 Å². The highest BCUT2D eigenvalue weighted by Gasteiger charge is 2.11. The van der Waals surface area contributed by atoms with Gasteiger partial charge in [0.05, 0.1) is 0 Å². The third kappa shape index (κ3) is 4.26. The first-order valence-electron chi connectivity index (χ1n) is 9.05. The molecule has 136 valence electrons. The van der Waals surface area contributed by atoms with Crippen LogP contribution in [0.25, 0.3) is 23.1 Å². The molecule has 3 rings (SSSR count). The van der Waals surface area contributed by atoms with Crippen LogP contribution in [0, 0.1) is 6.92 Å². The summed E-state index contributed by atoms with van der Waals surface area (Å²) in [5, 5.41) is 1.31. The van der Waals surface area contributed by atoms with Gasteiger partial charge < -0.3 is 28.9 Å². The Morgan fingerprint density at radius 2 is 1.58 bits per heavy atom. The lowest BCUT2D eigenvalue weighted by Gasteiger charge is -2.20. The highest BCUT2D eigenvalue weighted by molar-refractivity contribution is 5.80. The summed E-state index contributed by atoms with van der Waals surface area (Å²) in [5.41, 5.74) is 6.30. The Labute approximate surface area is 174 Å². The molecule has 0 radical (unpaired) electrons. The summed E-state index contributed by atoms with van der Waals surface area (Å²) in [6.45, 7) is 8.65. The lowest BCUT2D eigenvalue weighted by atomic mass is 10.1. The molecule has 2 aromatic carbocycles. The van der Waals surface area contributed by atoms with Crippen molar-refractivity contribution >= 4 is 28.7 Å². The van der Waals surface area contributed by atoms with Gasteiger partial charge in [0.2, 0.25) is 11.2 Å². The number of benzene rings is 2. The molecular weight excluding hydrogens is 431 g/mol. The molecule has 0 bridgehead atoms. The van der Waals surface area contributed by atoms with Crippen LogP contribution in [0.3, 0.4) is 0 Å². The molecule has 0 aliphatic heterocycles. The van der Waals surface area contributed by atoms with Gasteiger partial charge in [-0.05, 0) is 56.2 Å². The number of aryl methyl sites for hydroxylation is 2. The molecule has 1 aromatic heterocycles. The van der Waals surface area contributed by atoms with Crippen LogP contribution in [0.15, 0.2) is 54.6 Å². The average Bonchev–Trinajstić information content (AvgIpc) is 2.65. The van der Waals surface area contributed by atoms with Crippen molar-refractivity contribution in [2.24, 2.45) is 7.05 Å². The predicted octanol–water partition coefficient (Wildman–Crippen LogP) is 1.99. The van der Waals surface area contributed by atoms with Crippen LogP contribution in [0.5, 0.6) is 0 Å². The van der Waals surface area contributed by atoms with Gasteiger partial charge in [-0.15, -0.1) is 0 Å². The van der Waals surface area contributed by atoms with Gasteiger partial charge >= 0.3 is 0 Å². The molecule has 0 unspecified atom stereocenters. The van der Waals surface area contributed by atoms with E-state index in [9.17, 15) is 0 Å². The molecule has 26 heavy (non-hydrogen) atoms. The summed E-state index contributed by atoms with van der Waals surface area (Å²) < 4.78 is 2.25. The fourth-order valence-corrected chi connectivity index (χ4v) is 3.36. The van der Waals surface area contributed by atoms with E-state index in [1.807, 2.05) is 0 Å². The molecule has 1 heterocycles. The van der Waals surface area contributed by atoms with E-state index in [2.05, 4.69) is 104 Å². The molecule has 0 N–H and O–H groups in total. The number of nitrogens with zero attached hydrogens (tertiary/aromatic N) is 2. The second kappa shape index (κ2) is 9.17. The minimum Gasteiger partial charge on any atom is -1.00 e. The second-order valence-electron chi connectivity index (χ2n) is 6.43. The largest absolute Gasteiger partial charge is 1.00 e. The summed E-state index contributed by atoms with van der Waals surface area (Å²) in [6, 6.07) is 19.6. The number of fused-ring (bicyclic) bond motifs is 1. The third-order valence-electron chi connectivity index (χ3n) is 4.91. The highest BCUT2D eigenvalue weighted by Crippen LogP contribution is 2.18. The van der Waals surface area contributed by atoms with E-state index in [1.165, 1.54) is 33.4 Å². The summed E-state index contributed by atoms with van der Waals surface area (Å²) in [5.74, 6) is 0. The number of halogens is 1. The molecule has 0 saturated heterocycles. The normalized spacial score (nSPS) is 10.9. The van der Waals surface area contributed by atoms with Crippen molar-refractivity contribution in [3.8, 4) is 0 Å². The zero-order chi connectivity index (χ0) is 17.8. The zero-order valence-electron chi connectivity index (χ0n) is 16.0. The van der Waals surface area contributed by atoms with Gasteiger partial charge in [0.25, 0.3) is 0 Å². The van der Waals surface area contributed by atoms with Gasteiger partial charge in [0, 0.05) is 42.4 Å². The van der Waals surface area contributed by atoms with Crippen molar-refractivity contribution in [1.82, 2.24) is 0 Å². The quantitative estimate of drug-likeness (QED) is 0.419. The number of hydrogen-bond acceptors (Lipinski definition) is 1. The van der Waals surface area contributed by atoms with Gasteiger partial charge in [-0.3, -0.25) is 0 Å². The zero-order valence-corrected chi connectivity index (χ0v) is 18.2. The van der Waals surface area contributed by atoms with Gasteiger partial charge in [-0.2, -0.15) is 4.57 Å². The van der Waals surface area contributed by atoms with Crippen molar-refractivity contribution in [3.05, 3.63) is 71.4 Å². The van der Waals surface area contributed by atoms with Gasteiger partial charge in [0.15, 0.2) is 0 Å². The summed E-state index contributed by atoms with van der Waals surface area (Å²) in [6.07, 6.45) is 4.39. The fourth-order valence-electron chi connectivity index (χ4n) is 3.36. The van der Waals surface area contributed by atoms with E-state index in [1.54, 1.807) is 0 Å². The molecule has 0 saturated carbocycles. The summed E-state index contributed by atoms with van der Waals surface area (Å²) in [7, 11) is 2.13. The SMILES string of the molecule is CCN(CC)c1ccc(/C=C/c2cc(C)c3ccccc3[n+]2C)cc1.[I-]. The number of aromatic nitrogens is 1. The standard InChI is InChI=1S/C23H27N2.HI/c1-5-25(6-2)20-14-11-19(12-15-20)13-16-21-17-18(3)22-9-7-8-10-23(22)24(21)4;/h7-17H,5-6H2,1-4H3;1H/q+1;/p-1. The molecule has 0 aliphatic rings. The maximum absolute atomic E-state index is 2.36. The number of para-hydroxylation sites is 1. The first-order valence-corrected chi connectivity index (χ1v) is 9.05. The topological polar surface area (TPSA) is 7.12 Å². The Morgan fingerprint density at radius 1 is 0.923 bits per heavy atom. The molecule has 0 aliphatic carbocycles. The van der Waals surface area contributed by atoms with Crippen molar-refractivity contribution < 1.29 is 28.5 Å². The molecular formula is C23H27IN2. The van der Waals surface area contributed by atoms with Crippen LogP contribution in [-0.4, -0.2) is 13.1 Å². The molecule has 0 atom stereocenters. The molecule has 0 fully saturated rings. The predicted molar refractivity (Wildman–Crippen MR) is 109 cm³/mol. The van der Waals surface area contributed by atoms with Crippen molar-refractivity contribution in [2.45, 2.75) is 20.8 Å². The lowest BCUT2D eigenvalue weighted by molar-refractivity contribution is -0.646. The monoisotopic (exact) mass is 458 g/mol. The number of pyridine rings is 1. The Bertz CT molecular complexity index is 894. The first-order chi connectivity index (χ1) is 12.1. The highest BCUT2D eigenvalue weighted by atomic mass is 127. The summed E-state index contributed by atoms with van der Waals surface area (Å²) >= 11 is 0. The van der Waals surface area contributed by atoms with E-state index in [0.29, 0.717) is 0 Å². The van der Waals surface area contributed by atoms with E-state index in [0.717, 1.165) is 13.1 Å². The van der Waals surface area contributed by atoms with Gasteiger partial charge in [-0.25, -0.2) is 0 Å². The van der Waals surface area contributed by atoms with Crippen LogP contribution in [-0.2, 0) is 7.05 Å². The maximum atomic E-state index is 2.36. The fraction of sp³-hybridized carbons (Fsp3) is 0.261. The molecule has 3 heteroatoms. The Balaban J connectivity index is 0.00000243. The van der Waals surface area contributed by atoms with E-state index in [4.69, 9.17) is 0 Å². The number of anilines is 1. The van der Waals surface area contributed by atoms with Crippen LogP contribution in [0.4, 0.5) is 5.69 Å². The van der Waals surface area contributed by atoms with Crippen LogP contribution >= 0.6 is 0 Å². The smallest absolute Gasteiger partial charge is 0.212 e. The molecule has 3 aromatic rings. The van der Waals surface area contributed by atoms with Gasteiger partial charge in [0.1, 0.15) is 7.05 Å².